The van der Waals surface area contributed by atoms with Crippen LogP contribution in [0, 0.1) is 23.7 Å². The first-order valence-corrected chi connectivity index (χ1v) is 39.7. The van der Waals surface area contributed by atoms with E-state index in [0.717, 1.165) is 51.4 Å². The molecule has 0 amide bonds. The zero-order valence-corrected chi connectivity index (χ0v) is 64.2. The number of carboxylic acids is 4. The summed E-state index contributed by atoms with van der Waals surface area (Å²) in [4.78, 5) is 43.1. The molecule has 4 unspecified atom stereocenters. The molecule has 0 fully saturated rings. The fourth-order valence-electron chi connectivity index (χ4n) is 12.3. The van der Waals surface area contributed by atoms with Crippen LogP contribution in [0.4, 0.5) is 0 Å². The van der Waals surface area contributed by atoms with Gasteiger partial charge in [-0.05, 0) is 75.0 Å². The average Bonchev–Trinajstić information content (AvgIpc) is 3.51. The predicted molar refractivity (Wildman–Crippen MR) is 381 cm³/mol. The number of hydrogen-bond acceptors (Lipinski definition) is 8. The van der Waals surface area contributed by atoms with Crippen molar-refractivity contribution in [1.82, 2.24) is 0 Å². The Balaban J connectivity index is -0.000000351. The van der Waals surface area contributed by atoms with Gasteiger partial charge in [-0.1, -0.05) is 415 Å². The maximum Gasteiger partial charge on any atom is 4.00 e. The molecule has 0 aliphatic carbocycles. The van der Waals surface area contributed by atoms with Crippen molar-refractivity contribution in [3.05, 3.63) is 0 Å². The topological polar surface area (TPSA) is 161 Å². The normalized spacial score (nSPS) is 12.3. The summed E-state index contributed by atoms with van der Waals surface area (Å²) < 4.78 is 0. The Labute approximate surface area is 573 Å². The average molecular weight is 1360 g/mol. The Hall–Kier alpha value is -1.32. The van der Waals surface area contributed by atoms with E-state index >= 15 is 0 Å². The first-order chi connectivity index (χ1) is 42.9. The fraction of sp³-hybridized carbons (Fsp3) is 0.950. The Kier molecular flexibility index (Phi) is 91.7. The molecule has 9 heteroatoms. The first-order valence-electron chi connectivity index (χ1n) is 39.7. The van der Waals surface area contributed by atoms with E-state index in [9.17, 15) is 39.6 Å². The molecule has 0 rings (SSSR count). The Morgan fingerprint density at radius 2 is 0.270 bits per heavy atom. The molecule has 0 N–H and O–H groups in total. The van der Waals surface area contributed by atoms with Gasteiger partial charge < -0.3 is 39.6 Å². The van der Waals surface area contributed by atoms with E-state index in [1.165, 1.54) is 334 Å². The molecule has 4 atom stereocenters. The summed E-state index contributed by atoms with van der Waals surface area (Å²) in [7, 11) is 0. The van der Waals surface area contributed by atoms with E-state index in [2.05, 4.69) is 27.7 Å². The van der Waals surface area contributed by atoms with Crippen LogP contribution in [0.5, 0.6) is 0 Å². The fourth-order valence-corrected chi connectivity index (χ4v) is 12.3. The van der Waals surface area contributed by atoms with Gasteiger partial charge in [0.25, 0.3) is 0 Å². The van der Waals surface area contributed by atoms with Crippen molar-refractivity contribution in [3.8, 4) is 0 Å². The quantitative estimate of drug-likeness (QED) is 0.0430. The van der Waals surface area contributed by atoms with Crippen molar-refractivity contribution >= 4 is 47.8 Å². The molecule has 0 saturated heterocycles. The third kappa shape index (κ3) is 82.7. The number of aliphatic carboxylic acids is 4. The first kappa shape index (κ1) is 96.4. The molecule has 0 aliphatic heterocycles. The minimum atomic E-state index is -0.864. The Bertz CT molecular complexity index is 1160. The van der Waals surface area contributed by atoms with Crippen molar-refractivity contribution in [3.63, 3.8) is 0 Å². The third-order valence-electron chi connectivity index (χ3n) is 18.9. The number of unbranched alkanes of at least 4 members (excludes halogenated alkanes) is 52. The SMILES string of the molecule is CCCCCCCCCCCCCCCCC(CC)C(=O)[O-].CCCCCCCCCCCCCCCCC(CC)C(=O)[O-].CCCCCCCCCCCCCCCCC(CC)C(=O)[O-].CCCCCCCCCCCCCCCCC(CC)C(=O)[O-].[Sn+4]. The van der Waals surface area contributed by atoms with Crippen molar-refractivity contribution in [2.45, 2.75) is 466 Å². The largest absolute Gasteiger partial charge is 4.00 e. The van der Waals surface area contributed by atoms with Gasteiger partial charge in [0, 0.05) is 23.9 Å². The summed E-state index contributed by atoms with van der Waals surface area (Å²) >= 11 is 0. The Morgan fingerprint density at radius 3 is 0.348 bits per heavy atom. The van der Waals surface area contributed by atoms with Crippen LogP contribution in [0.2, 0.25) is 0 Å². The molecule has 8 nitrogen and oxygen atoms in total. The number of rotatable bonds is 68. The van der Waals surface area contributed by atoms with Gasteiger partial charge >= 0.3 is 23.9 Å². The number of carbonyl (C=O) groups is 4. The van der Waals surface area contributed by atoms with E-state index in [0.29, 0.717) is 25.7 Å². The number of carboxylic acid groups (broad SMARTS) is 4. The molecule has 528 valence electrons. The summed E-state index contributed by atoms with van der Waals surface area (Å²) in [5.74, 6) is -4.35. The smallest absolute Gasteiger partial charge is 0.550 e. The van der Waals surface area contributed by atoms with E-state index < -0.39 is 23.9 Å². The maximum absolute atomic E-state index is 10.8. The second-order valence-electron chi connectivity index (χ2n) is 27.2. The second kappa shape index (κ2) is 84.7. The summed E-state index contributed by atoms with van der Waals surface area (Å²) in [6.45, 7) is 16.8. The van der Waals surface area contributed by atoms with E-state index in [-0.39, 0.29) is 47.6 Å². The molecule has 0 saturated carbocycles. The summed E-state index contributed by atoms with van der Waals surface area (Å²) in [5, 5.41) is 43.1. The second-order valence-corrected chi connectivity index (χ2v) is 27.2. The van der Waals surface area contributed by atoms with Gasteiger partial charge in [-0.25, -0.2) is 0 Å². The van der Waals surface area contributed by atoms with Gasteiger partial charge in [0.1, 0.15) is 0 Å². The van der Waals surface area contributed by atoms with Crippen molar-refractivity contribution in [1.29, 1.82) is 0 Å². The van der Waals surface area contributed by atoms with E-state index in [1.54, 1.807) is 0 Å². The molecule has 0 heterocycles. The summed E-state index contributed by atoms with van der Waals surface area (Å²) in [6, 6.07) is 0. The summed E-state index contributed by atoms with van der Waals surface area (Å²) in [6.07, 6.45) is 81.3. The molecule has 0 aromatic rings. The van der Waals surface area contributed by atoms with E-state index in [4.69, 9.17) is 0 Å². The minimum Gasteiger partial charge on any atom is -0.550 e. The molecular weight excluding hydrogens is 1210 g/mol. The van der Waals surface area contributed by atoms with Gasteiger partial charge in [0.2, 0.25) is 0 Å². The van der Waals surface area contributed by atoms with Crippen LogP contribution >= 0.6 is 0 Å². The van der Waals surface area contributed by atoms with Crippen LogP contribution in [0.3, 0.4) is 0 Å². The predicted octanol–water partition coefficient (Wildman–Crippen LogP) is 22.2. The van der Waals surface area contributed by atoms with Crippen LogP contribution in [0.15, 0.2) is 0 Å². The van der Waals surface area contributed by atoms with Crippen LogP contribution in [-0.2, 0) is 19.2 Å². The van der Waals surface area contributed by atoms with Gasteiger partial charge in [0.05, 0.1) is 0 Å². The third-order valence-corrected chi connectivity index (χ3v) is 18.9. The van der Waals surface area contributed by atoms with Crippen molar-refractivity contribution in [2.75, 3.05) is 0 Å². The van der Waals surface area contributed by atoms with Crippen molar-refractivity contribution in [2.24, 2.45) is 23.7 Å². The molecule has 0 bridgehead atoms. The zero-order valence-electron chi connectivity index (χ0n) is 61.3. The van der Waals surface area contributed by atoms with Crippen molar-refractivity contribution < 1.29 is 39.6 Å². The number of carbonyl (C=O) groups excluding carboxylic acids is 4. The maximum atomic E-state index is 10.8. The standard InChI is InChI=1S/4C20H40O2.Sn/c4*1-3-5-6-7-8-9-10-11-12-13-14-15-16-17-18-19(4-2)20(21)22;/h4*19H,3-18H2,1-2H3,(H,21,22);/q;;;;+4/p-4. The van der Waals surface area contributed by atoms with Gasteiger partial charge in [-0.3, -0.25) is 0 Å². The number of hydrogen-bond donors (Lipinski definition) is 0. The monoisotopic (exact) mass is 1370 g/mol. The van der Waals surface area contributed by atoms with E-state index in [1.807, 2.05) is 27.7 Å². The molecule has 0 radical (unpaired) electrons. The van der Waals surface area contributed by atoms with Gasteiger partial charge in [-0.15, -0.1) is 0 Å². The molecule has 0 aromatic carbocycles. The van der Waals surface area contributed by atoms with Gasteiger partial charge in [-0.2, -0.15) is 0 Å². The molecule has 0 spiro atoms. The Morgan fingerprint density at radius 1 is 0.180 bits per heavy atom. The van der Waals surface area contributed by atoms with Crippen LogP contribution in [0.1, 0.15) is 466 Å². The van der Waals surface area contributed by atoms with Crippen LogP contribution < -0.4 is 20.4 Å². The zero-order chi connectivity index (χ0) is 65.9. The molecule has 89 heavy (non-hydrogen) atoms. The summed E-state index contributed by atoms with van der Waals surface area (Å²) in [5.41, 5.74) is 0. The minimum absolute atomic E-state index is 0. The molecule has 0 aromatic heterocycles. The molecular formula is C80H156O8Sn. The van der Waals surface area contributed by atoms with Crippen LogP contribution in [0.25, 0.3) is 0 Å². The van der Waals surface area contributed by atoms with Crippen LogP contribution in [-0.4, -0.2) is 47.8 Å². The van der Waals surface area contributed by atoms with Gasteiger partial charge in [0.15, 0.2) is 0 Å². The molecule has 0 aliphatic rings.